The highest BCUT2D eigenvalue weighted by molar-refractivity contribution is 6.32. The lowest BCUT2D eigenvalue weighted by Crippen LogP contribution is -2.44. The normalized spacial score (nSPS) is 24.8. The summed E-state index contributed by atoms with van der Waals surface area (Å²) in [5.41, 5.74) is 0.895. The van der Waals surface area contributed by atoms with E-state index in [0.717, 1.165) is 0 Å². The summed E-state index contributed by atoms with van der Waals surface area (Å²) in [6.45, 7) is 1.97. The number of pyridine rings is 1. The Morgan fingerprint density at radius 1 is 1.26 bits per heavy atom. The molecule has 0 amide bonds. The molecule has 3 aliphatic rings. The maximum atomic E-state index is 14.9. The molecular formula is C26H28ClF3N6O2. The van der Waals surface area contributed by atoms with Crippen molar-refractivity contribution in [3.63, 3.8) is 0 Å². The summed E-state index contributed by atoms with van der Waals surface area (Å²) in [5, 5.41) is 6.97. The molecule has 2 aromatic heterocycles. The second-order valence-electron chi connectivity index (χ2n) is 10.6. The van der Waals surface area contributed by atoms with Gasteiger partial charge in [0.1, 0.15) is 11.2 Å². The Morgan fingerprint density at radius 3 is 2.79 bits per heavy atom. The third-order valence-corrected chi connectivity index (χ3v) is 7.77. The number of anilines is 4. The van der Waals surface area contributed by atoms with Crippen molar-refractivity contribution < 1.29 is 17.9 Å². The lowest BCUT2D eigenvalue weighted by molar-refractivity contribution is -0.0579. The highest BCUT2D eigenvalue weighted by Gasteiger charge is 2.51. The maximum absolute atomic E-state index is 14.9. The fourth-order valence-electron chi connectivity index (χ4n) is 5.46. The number of fused-ring (bicyclic) bond motifs is 3. The fourth-order valence-corrected chi connectivity index (χ4v) is 5.60. The topological polar surface area (TPSA) is 84.3 Å². The van der Waals surface area contributed by atoms with Crippen LogP contribution >= 0.6 is 11.6 Å². The molecule has 0 bridgehead atoms. The van der Waals surface area contributed by atoms with Gasteiger partial charge >= 0.3 is 5.92 Å². The van der Waals surface area contributed by atoms with E-state index < -0.39 is 30.3 Å². The van der Waals surface area contributed by atoms with E-state index in [0.29, 0.717) is 54.2 Å². The minimum absolute atomic E-state index is 0.123. The zero-order valence-corrected chi connectivity index (χ0v) is 21.7. The van der Waals surface area contributed by atoms with Crippen molar-refractivity contribution in [3.05, 3.63) is 39.8 Å². The maximum Gasteiger partial charge on any atom is 0.301 e. The van der Waals surface area contributed by atoms with Gasteiger partial charge in [-0.2, -0.15) is 4.98 Å². The number of nitrogens with one attached hydrogen (secondary N) is 2. The summed E-state index contributed by atoms with van der Waals surface area (Å²) in [7, 11) is 1.58. The van der Waals surface area contributed by atoms with Crippen molar-refractivity contribution in [2.75, 3.05) is 35.2 Å². The quantitative estimate of drug-likeness (QED) is 0.468. The molecule has 0 radical (unpaired) electrons. The van der Waals surface area contributed by atoms with Crippen LogP contribution in [0.1, 0.15) is 26.2 Å². The summed E-state index contributed by atoms with van der Waals surface area (Å²) < 4.78 is 50.8. The molecule has 8 nitrogen and oxygen atoms in total. The van der Waals surface area contributed by atoms with Crippen LogP contribution in [-0.2, 0) is 7.05 Å². The van der Waals surface area contributed by atoms with E-state index in [1.54, 1.807) is 30.1 Å². The average Bonchev–Trinajstić information content (AvgIpc) is 3.71. The summed E-state index contributed by atoms with van der Waals surface area (Å²) >= 11 is 6.39. The van der Waals surface area contributed by atoms with Crippen LogP contribution in [-0.4, -0.2) is 52.4 Å². The number of nitrogens with zero attached hydrogens (tertiary/aromatic N) is 4. The minimum Gasteiger partial charge on any atom is -0.480 e. The van der Waals surface area contributed by atoms with E-state index in [-0.39, 0.29) is 34.8 Å². The molecule has 1 saturated heterocycles. The molecule has 6 rings (SSSR count). The van der Waals surface area contributed by atoms with Crippen LogP contribution in [0.15, 0.2) is 29.2 Å². The largest absolute Gasteiger partial charge is 0.480 e. The van der Waals surface area contributed by atoms with Crippen molar-refractivity contribution in [2.24, 2.45) is 18.9 Å². The fraction of sp³-hybridized carbons (Fsp3) is 0.500. The predicted octanol–water partition coefficient (Wildman–Crippen LogP) is 5.13. The molecule has 1 aromatic carbocycles. The van der Waals surface area contributed by atoms with Gasteiger partial charge < -0.3 is 24.8 Å². The first-order chi connectivity index (χ1) is 18.1. The summed E-state index contributed by atoms with van der Waals surface area (Å²) in [6, 6.07) is 4.10. The van der Waals surface area contributed by atoms with Crippen molar-refractivity contribution >= 4 is 45.6 Å². The third kappa shape index (κ3) is 4.50. The lowest BCUT2D eigenvalue weighted by Gasteiger charge is -2.33. The predicted molar refractivity (Wildman–Crippen MR) is 141 cm³/mol. The molecule has 0 unspecified atom stereocenters. The van der Waals surface area contributed by atoms with Crippen molar-refractivity contribution in [3.8, 4) is 5.75 Å². The molecule has 2 aliphatic heterocycles. The van der Waals surface area contributed by atoms with E-state index >= 15 is 0 Å². The van der Waals surface area contributed by atoms with Crippen LogP contribution in [0.2, 0.25) is 5.02 Å². The van der Waals surface area contributed by atoms with Crippen LogP contribution in [0.4, 0.5) is 36.3 Å². The first-order valence-electron chi connectivity index (χ1n) is 12.7. The molecule has 202 valence electrons. The molecule has 3 atom stereocenters. The first kappa shape index (κ1) is 25.1. The van der Waals surface area contributed by atoms with E-state index in [2.05, 4.69) is 20.6 Å². The molecule has 1 aliphatic carbocycles. The number of piperidine rings is 1. The molecule has 12 heteroatoms. The van der Waals surface area contributed by atoms with Crippen molar-refractivity contribution in [2.45, 2.75) is 44.3 Å². The van der Waals surface area contributed by atoms with Crippen LogP contribution in [0, 0.1) is 11.8 Å². The smallest absolute Gasteiger partial charge is 0.301 e. The van der Waals surface area contributed by atoms with Gasteiger partial charge in [-0.25, -0.2) is 18.2 Å². The number of aryl methyl sites for hydroxylation is 1. The van der Waals surface area contributed by atoms with E-state index in [9.17, 15) is 18.0 Å². The lowest BCUT2D eigenvalue weighted by atomic mass is 9.99. The number of ether oxygens (including phenoxy) is 1. The Bertz CT molecular complexity index is 1450. The van der Waals surface area contributed by atoms with E-state index in [1.807, 2.05) is 6.92 Å². The number of alkyl halides is 3. The molecule has 2 N–H and O–H groups in total. The number of hydrogen-bond donors (Lipinski definition) is 2. The summed E-state index contributed by atoms with van der Waals surface area (Å²) in [6.07, 6.45) is 2.41. The van der Waals surface area contributed by atoms with E-state index in [1.165, 1.54) is 10.8 Å². The Labute approximate surface area is 222 Å². The highest BCUT2D eigenvalue weighted by Crippen LogP contribution is 2.45. The van der Waals surface area contributed by atoms with Gasteiger partial charge in [0.05, 0.1) is 30.0 Å². The van der Waals surface area contributed by atoms with E-state index in [4.69, 9.17) is 16.3 Å². The molecule has 1 saturated carbocycles. The second kappa shape index (κ2) is 9.21. The van der Waals surface area contributed by atoms with Gasteiger partial charge in [0.15, 0.2) is 12.4 Å². The van der Waals surface area contributed by atoms with Gasteiger partial charge in [0, 0.05) is 24.7 Å². The van der Waals surface area contributed by atoms with Gasteiger partial charge in [-0.3, -0.25) is 4.79 Å². The molecule has 2 fully saturated rings. The highest BCUT2D eigenvalue weighted by atomic mass is 35.5. The van der Waals surface area contributed by atoms with Crippen LogP contribution in [0.25, 0.3) is 10.9 Å². The zero-order valence-electron chi connectivity index (χ0n) is 21.0. The SMILES string of the molecule is C[C@@H]1C[C@H](F)CN(c2ncc(Cl)c(Nc3ccc4c(c3)c3c(c(=O)n4C)OCC(F)(F)[C@H](C4CC4)N3)n2)C1. The Balaban J connectivity index is 1.38. The Kier molecular flexibility index (Phi) is 6.08. The van der Waals surface area contributed by atoms with Crippen molar-refractivity contribution in [1.82, 2.24) is 14.5 Å². The number of hydrogen-bond acceptors (Lipinski definition) is 7. The van der Waals surface area contributed by atoms with Crippen LogP contribution in [0.5, 0.6) is 5.75 Å². The molecule has 38 heavy (non-hydrogen) atoms. The van der Waals surface area contributed by atoms with Crippen LogP contribution in [0.3, 0.4) is 0 Å². The van der Waals surface area contributed by atoms with Gasteiger partial charge in [0.25, 0.3) is 5.56 Å². The number of benzene rings is 1. The zero-order chi connectivity index (χ0) is 26.8. The molecule has 4 heterocycles. The van der Waals surface area contributed by atoms with Gasteiger partial charge in [0.2, 0.25) is 11.7 Å². The molecule has 0 spiro atoms. The number of aromatic nitrogens is 3. The standard InChI is InChI=1S/C26H28ClF3N6O2/c1-13-7-15(28)11-36(10-13)25-31-9-18(27)23(34-25)32-16-5-6-19-17(8-16)20-21(24(37)35(19)2)38-12-26(29,30)22(33-20)14-3-4-14/h5-6,8-9,13-15,22,33H,3-4,7,10-12H2,1-2H3,(H,31,32,34)/t13-,15+,22+/m1/s1. The van der Waals surface area contributed by atoms with Gasteiger partial charge in [-0.05, 0) is 49.3 Å². The van der Waals surface area contributed by atoms with Crippen LogP contribution < -0.4 is 25.8 Å². The molecular weight excluding hydrogens is 521 g/mol. The monoisotopic (exact) mass is 548 g/mol. The van der Waals surface area contributed by atoms with Gasteiger partial charge in [-0.1, -0.05) is 18.5 Å². The summed E-state index contributed by atoms with van der Waals surface area (Å²) in [5.74, 6) is -2.57. The average molecular weight is 549 g/mol. The Hall–Kier alpha value is -3.21. The minimum atomic E-state index is -3.12. The first-order valence-corrected chi connectivity index (χ1v) is 13.1. The number of halogens is 4. The van der Waals surface area contributed by atoms with Crippen molar-refractivity contribution in [1.29, 1.82) is 0 Å². The molecule has 3 aromatic rings. The second-order valence-corrected chi connectivity index (χ2v) is 11.1. The summed E-state index contributed by atoms with van der Waals surface area (Å²) in [4.78, 5) is 23.7. The third-order valence-electron chi connectivity index (χ3n) is 7.50. The number of rotatable bonds is 4. The van der Waals surface area contributed by atoms with Gasteiger partial charge in [-0.15, -0.1) is 0 Å². The Morgan fingerprint density at radius 2 is 2.05 bits per heavy atom.